The quantitative estimate of drug-likeness (QED) is 0.268. The van der Waals surface area contributed by atoms with E-state index in [1.807, 2.05) is 85.7 Å². The first-order valence-corrected chi connectivity index (χ1v) is 12.1. The highest BCUT2D eigenvalue weighted by Crippen LogP contribution is 2.32. The fourth-order valence-corrected chi connectivity index (χ4v) is 5.06. The molecule has 0 atom stereocenters. The Morgan fingerprint density at radius 3 is 2.37 bits per heavy atom. The van der Waals surface area contributed by atoms with E-state index >= 15 is 0 Å². The molecule has 0 aliphatic carbocycles. The zero-order valence-corrected chi connectivity index (χ0v) is 21.6. The highest BCUT2D eigenvalue weighted by molar-refractivity contribution is 7.22. The monoisotopic (exact) mass is 502 g/mol. The van der Waals surface area contributed by atoms with Gasteiger partial charge in [0, 0.05) is 24.0 Å². The first-order chi connectivity index (χ1) is 16.5. The van der Waals surface area contributed by atoms with Crippen LogP contribution in [-0.4, -0.2) is 48.0 Å². The lowest BCUT2D eigenvalue weighted by Gasteiger charge is -2.23. The minimum atomic E-state index is -0.0617. The minimum Gasteiger partial charge on any atom is -0.308 e. The molecule has 0 N–H and O–H groups in total. The molecule has 3 aromatic carbocycles. The summed E-state index contributed by atoms with van der Waals surface area (Å²) in [7, 11) is 4.03. The van der Waals surface area contributed by atoms with Crippen LogP contribution in [0.3, 0.4) is 0 Å². The average molecular weight is 503 g/mol. The summed E-state index contributed by atoms with van der Waals surface area (Å²) in [5.41, 5.74) is 5.31. The first-order valence-electron chi connectivity index (χ1n) is 11.3. The molecule has 35 heavy (non-hydrogen) atoms. The number of fused-ring (bicyclic) bond motifs is 2. The maximum atomic E-state index is 14.1. The van der Waals surface area contributed by atoms with Crippen molar-refractivity contribution in [1.82, 2.24) is 14.9 Å². The summed E-state index contributed by atoms with van der Waals surface area (Å²) in [6, 6.07) is 25.9. The number of aromatic nitrogens is 2. The number of nitrogens with zero attached hydrogens (tertiary/aromatic N) is 4. The normalized spacial score (nSPS) is 11.1. The van der Waals surface area contributed by atoms with Crippen molar-refractivity contribution in [3.05, 3.63) is 90.0 Å². The summed E-state index contributed by atoms with van der Waals surface area (Å²) in [6.45, 7) is 3.35. The smallest absolute Gasteiger partial charge is 0.260 e. The number of carbonyl (C=O) groups is 1. The van der Waals surface area contributed by atoms with Crippen LogP contribution in [0.15, 0.2) is 78.9 Å². The first kappa shape index (κ1) is 24.8. The number of rotatable bonds is 6. The Morgan fingerprint density at radius 2 is 1.60 bits per heavy atom. The van der Waals surface area contributed by atoms with E-state index in [9.17, 15) is 4.79 Å². The molecule has 0 radical (unpaired) electrons. The van der Waals surface area contributed by atoms with E-state index in [2.05, 4.69) is 24.0 Å². The predicted octanol–water partition coefficient (Wildman–Crippen LogP) is 6.45. The van der Waals surface area contributed by atoms with Crippen molar-refractivity contribution in [2.24, 2.45) is 0 Å². The van der Waals surface area contributed by atoms with Gasteiger partial charge >= 0.3 is 0 Å². The van der Waals surface area contributed by atoms with Gasteiger partial charge in [-0.05, 0) is 50.8 Å². The van der Waals surface area contributed by atoms with E-state index in [0.29, 0.717) is 12.1 Å². The number of aryl methyl sites for hydroxylation is 1. The third-order valence-electron chi connectivity index (χ3n) is 5.80. The van der Waals surface area contributed by atoms with Gasteiger partial charge in [-0.1, -0.05) is 65.9 Å². The molecule has 5 nitrogen and oxygen atoms in total. The summed E-state index contributed by atoms with van der Waals surface area (Å²) < 4.78 is 1.09. The van der Waals surface area contributed by atoms with Crippen LogP contribution in [-0.2, 0) is 0 Å². The van der Waals surface area contributed by atoms with Crippen LogP contribution in [0.4, 0.5) is 5.13 Å². The van der Waals surface area contributed by atoms with Crippen LogP contribution >= 0.6 is 23.7 Å². The minimum absolute atomic E-state index is 0. The summed E-state index contributed by atoms with van der Waals surface area (Å²) in [6.07, 6.45) is 0. The molecule has 2 aromatic heterocycles. The van der Waals surface area contributed by atoms with Crippen molar-refractivity contribution in [2.75, 3.05) is 32.1 Å². The molecule has 1 amide bonds. The number of likely N-dealkylation sites (N-methyl/N-ethyl adjacent to an activating group) is 1. The van der Waals surface area contributed by atoms with Crippen LogP contribution < -0.4 is 4.90 Å². The number of hydrogen-bond acceptors (Lipinski definition) is 5. The molecule has 5 aromatic rings. The lowest BCUT2D eigenvalue weighted by Crippen LogP contribution is -2.37. The van der Waals surface area contributed by atoms with Crippen LogP contribution in [0.1, 0.15) is 15.9 Å². The zero-order valence-electron chi connectivity index (χ0n) is 19.9. The van der Waals surface area contributed by atoms with Crippen LogP contribution in [0.25, 0.3) is 32.4 Å². The molecule has 0 fully saturated rings. The van der Waals surface area contributed by atoms with Gasteiger partial charge in [0.2, 0.25) is 0 Å². The molecule has 2 heterocycles. The fraction of sp³-hybridized carbons (Fsp3) is 0.179. The number of halogens is 1. The van der Waals surface area contributed by atoms with Gasteiger partial charge in [-0.15, -0.1) is 12.4 Å². The topological polar surface area (TPSA) is 49.3 Å². The van der Waals surface area contributed by atoms with Crippen LogP contribution in [0.5, 0.6) is 0 Å². The maximum absolute atomic E-state index is 14.1. The molecule has 0 unspecified atom stereocenters. The number of thiazole rings is 1. The number of pyridine rings is 1. The number of carbonyl (C=O) groups excluding carboxylic acids is 1. The van der Waals surface area contributed by atoms with Crippen molar-refractivity contribution in [1.29, 1.82) is 0 Å². The molecular weight excluding hydrogens is 476 g/mol. The van der Waals surface area contributed by atoms with E-state index in [4.69, 9.17) is 9.97 Å². The number of benzene rings is 3. The number of anilines is 1. The molecule has 0 bridgehead atoms. The lowest BCUT2D eigenvalue weighted by molar-refractivity contribution is 0.0986. The maximum Gasteiger partial charge on any atom is 0.260 e. The number of hydrogen-bond donors (Lipinski definition) is 0. The van der Waals surface area contributed by atoms with E-state index < -0.39 is 0 Å². The summed E-state index contributed by atoms with van der Waals surface area (Å²) in [4.78, 5) is 27.7. The molecule has 178 valence electrons. The Labute approximate surface area is 215 Å². The fourth-order valence-electron chi connectivity index (χ4n) is 3.97. The van der Waals surface area contributed by atoms with Crippen molar-refractivity contribution in [3.63, 3.8) is 0 Å². The summed E-state index contributed by atoms with van der Waals surface area (Å²) >= 11 is 1.56. The Hall–Kier alpha value is -3.32. The molecule has 0 saturated heterocycles. The highest BCUT2D eigenvalue weighted by atomic mass is 35.5. The van der Waals surface area contributed by atoms with E-state index in [1.54, 1.807) is 11.3 Å². The van der Waals surface area contributed by atoms with Gasteiger partial charge in [-0.25, -0.2) is 9.97 Å². The summed E-state index contributed by atoms with van der Waals surface area (Å²) in [5.74, 6) is -0.0617. The molecule has 0 aliphatic heterocycles. The second-order valence-corrected chi connectivity index (χ2v) is 9.68. The van der Waals surface area contributed by atoms with Crippen molar-refractivity contribution >= 4 is 55.9 Å². The number of para-hydroxylation sites is 1. The molecule has 0 saturated carbocycles. The largest absolute Gasteiger partial charge is 0.308 e. The van der Waals surface area contributed by atoms with Crippen LogP contribution in [0, 0.1) is 6.92 Å². The third kappa shape index (κ3) is 5.20. The second kappa shape index (κ2) is 10.5. The molecule has 5 rings (SSSR count). The van der Waals surface area contributed by atoms with Gasteiger partial charge < -0.3 is 4.90 Å². The molecular formula is C28H27ClN4OS. The Balaban J connectivity index is 0.00000289. The van der Waals surface area contributed by atoms with E-state index in [-0.39, 0.29) is 18.3 Å². The summed E-state index contributed by atoms with van der Waals surface area (Å²) in [5, 5.41) is 1.56. The Morgan fingerprint density at radius 1 is 0.857 bits per heavy atom. The third-order valence-corrected chi connectivity index (χ3v) is 6.84. The highest BCUT2D eigenvalue weighted by Gasteiger charge is 2.24. The molecule has 0 aliphatic rings. The van der Waals surface area contributed by atoms with Gasteiger partial charge in [0.15, 0.2) is 5.13 Å². The average Bonchev–Trinajstić information content (AvgIpc) is 3.26. The Kier molecular flexibility index (Phi) is 7.45. The van der Waals surface area contributed by atoms with Gasteiger partial charge in [0.05, 0.1) is 27.0 Å². The van der Waals surface area contributed by atoms with Gasteiger partial charge in [0.1, 0.15) is 0 Å². The Bertz CT molecular complexity index is 1480. The van der Waals surface area contributed by atoms with Gasteiger partial charge in [0.25, 0.3) is 5.91 Å². The van der Waals surface area contributed by atoms with E-state index in [0.717, 1.165) is 44.1 Å². The van der Waals surface area contributed by atoms with Crippen molar-refractivity contribution in [3.8, 4) is 11.3 Å². The van der Waals surface area contributed by atoms with E-state index in [1.165, 1.54) is 5.56 Å². The standard InChI is InChI=1S/C28H26N4OS.ClH/c1-19-13-14-24-26(17-19)34-28(30-24)32(16-15-31(2)3)27(33)22-18-25(20-9-5-4-6-10-20)29-23-12-8-7-11-21(22)23;/h4-14,17-18H,15-16H2,1-3H3;1H. The van der Waals surface area contributed by atoms with Crippen molar-refractivity contribution in [2.45, 2.75) is 6.92 Å². The zero-order chi connectivity index (χ0) is 23.7. The number of amides is 1. The van der Waals surface area contributed by atoms with Crippen molar-refractivity contribution < 1.29 is 4.79 Å². The second-order valence-electron chi connectivity index (χ2n) is 8.67. The SMILES string of the molecule is Cc1ccc2nc(N(CCN(C)C)C(=O)c3cc(-c4ccccc4)nc4ccccc34)sc2c1.Cl. The predicted molar refractivity (Wildman–Crippen MR) is 149 cm³/mol. The molecule has 0 spiro atoms. The molecule has 7 heteroatoms. The van der Waals surface area contributed by atoms with Crippen LogP contribution in [0.2, 0.25) is 0 Å². The van der Waals surface area contributed by atoms with Gasteiger partial charge in [-0.3, -0.25) is 9.69 Å². The van der Waals surface area contributed by atoms with Gasteiger partial charge in [-0.2, -0.15) is 0 Å². The lowest BCUT2D eigenvalue weighted by atomic mass is 10.0.